The van der Waals surface area contributed by atoms with Crippen LogP contribution in [0.5, 0.6) is 5.75 Å². The zero-order valence-corrected chi connectivity index (χ0v) is 20.2. The Bertz CT molecular complexity index is 1340. The first-order valence-electron chi connectivity index (χ1n) is 11.1. The number of aromatic nitrogens is 2. The van der Waals surface area contributed by atoms with Crippen LogP contribution in [0.4, 0.5) is 0 Å². The lowest BCUT2D eigenvalue weighted by atomic mass is 10.1. The monoisotopic (exact) mass is 473 g/mol. The normalized spacial score (nSPS) is 12.8. The second kappa shape index (κ2) is 10.6. The fourth-order valence-electron chi connectivity index (χ4n) is 3.66. The third-order valence-electron chi connectivity index (χ3n) is 5.64. The number of carbonyl (C=O) groups excluding carboxylic acids is 1. The largest absolute Gasteiger partial charge is 0.497 e. The number of methoxy groups -OCH3 is 1. The van der Waals surface area contributed by atoms with E-state index >= 15 is 0 Å². The molecule has 1 heterocycles. The van der Waals surface area contributed by atoms with Crippen LogP contribution in [0.1, 0.15) is 31.0 Å². The van der Waals surface area contributed by atoms with E-state index in [1.54, 1.807) is 17.7 Å². The van der Waals surface area contributed by atoms with Crippen LogP contribution >= 0.6 is 11.8 Å². The highest BCUT2D eigenvalue weighted by molar-refractivity contribution is 8.00. The number of hydrogen-bond acceptors (Lipinski definition) is 5. The summed E-state index contributed by atoms with van der Waals surface area (Å²) in [5.41, 5.74) is 2.46. The van der Waals surface area contributed by atoms with E-state index in [-0.39, 0.29) is 17.5 Å². The van der Waals surface area contributed by atoms with Crippen molar-refractivity contribution >= 4 is 28.6 Å². The van der Waals surface area contributed by atoms with Gasteiger partial charge in [-0.15, -0.1) is 0 Å². The molecule has 0 aliphatic heterocycles. The number of para-hydroxylation sites is 1. The average Bonchev–Trinajstić information content (AvgIpc) is 2.87. The molecule has 34 heavy (non-hydrogen) atoms. The number of fused-ring (bicyclic) bond motifs is 1. The van der Waals surface area contributed by atoms with Gasteiger partial charge in [-0.25, -0.2) is 4.98 Å². The molecule has 7 heteroatoms. The molecule has 0 radical (unpaired) electrons. The van der Waals surface area contributed by atoms with E-state index in [1.165, 1.54) is 11.8 Å². The smallest absolute Gasteiger partial charge is 0.262 e. The van der Waals surface area contributed by atoms with Gasteiger partial charge < -0.3 is 10.1 Å². The van der Waals surface area contributed by atoms with E-state index in [0.717, 1.165) is 16.9 Å². The first kappa shape index (κ1) is 23.6. The van der Waals surface area contributed by atoms with Crippen molar-refractivity contribution in [2.75, 3.05) is 7.11 Å². The third-order valence-corrected chi connectivity index (χ3v) is 6.73. The van der Waals surface area contributed by atoms with Crippen LogP contribution in [0, 0.1) is 0 Å². The second-order valence-electron chi connectivity index (χ2n) is 8.05. The summed E-state index contributed by atoms with van der Waals surface area (Å²) in [7, 11) is 1.62. The molecule has 1 N–H and O–H groups in total. The van der Waals surface area contributed by atoms with E-state index in [4.69, 9.17) is 9.72 Å². The fourth-order valence-corrected chi connectivity index (χ4v) is 4.58. The summed E-state index contributed by atoms with van der Waals surface area (Å²) < 4.78 is 6.88. The first-order chi connectivity index (χ1) is 16.5. The van der Waals surface area contributed by atoms with E-state index in [1.807, 2.05) is 86.6 Å². The molecule has 0 bridgehead atoms. The summed E-state index contributed by atoms with van der Waals surface area (Å²) in [6.07, 6.45) is 0. The van der Waals surface area contributed by atoms with Gasteiger partial charge >= 0.3 is 0 Å². The van der Waals surface area contributed by atoms with Crippen molar-refractivity contribution in [3.8, 4) is 5.75 Å². The highest BCUT2D eigenvalue weighted by Gasteiger charge is 2.21. The Morgan fingerprint density at radius 1 is 1.00 bits per heavy atom. The molecule has 0 aliphatic carbocycles. The summed E-state index contributed by atoms with van der Waals surface area (Å²) >= 11 is 1.29. The number of hydrogen-bond donors (Lipinski definition) is 1. The van der Waals surface area contributed by atoms with E-state index < -0.39 is 5.25 Å². The predicted octanol–water partition coefficient (Wildman–Crippen LogP) is 4.81. The average molecular weight is 474 g/mol. The molecule has 0 aliphatic rings. The molecule has 1 aromatic heterocycles. The molecular formula is C27H27N3O3S. The van der Waals surface area contributed by atoms with Crippen molar-refractivity contribution in [2.45, 2.75) is 36.8 Å². The van der Waals surface area contributed by atoms with Crippen LogP contribution in [0.2, 0.25) is 0 Å². The molecular weight excluding hydrogens is 446 g/mol. The first-order valence-corrected chi connectivity index (χ1v) is 12.0. The zero-order valence-electron chi connectivity index (χ0n) is 19.4. The van der Waals surface area contributed by atoms with E-state index in [2.05, 4.69) is 5.32 Å². The molecule has 0 fully saturated rings. The fraction of sp³-hybridized carbons (Fsp3) is 0.222. The molecule has 4 rings (SSSR count). The minimum Gasteiger partial charge on any atom is -0.497 e. The second-order valence-corrected chi connectivity index (χ2v) is 9.36. The minimum absolute atomic E-state index is 0.111. The molecule has 1 amide bonds. The highest BCUT2D eigenvalue weighted by Crippen LogP contribution is 2.25. The summed E-state index contributed by atoms with van der Waals surface area (Å²) in [5.74, 6) is 0.639. The highest BCUT2D eigenvalue weighted by atomic mass is 32.2. The quantitative estimate of drug-likeness (QED) is 0.294. The van der Waals surface area contributed by atoms with Crippen LogP contribution < -0.4 is 15.6 Å². The number of carbonyl (C=O) groups is 1. The molecule has 0 spiro atoms. The van der Waals surface area contributed by atoms with E-state index in [9.17, 15) is 9.59 Å². The maximum atomic E-state index is 13.4. The molecule has 0 saturated carbocycles. The van der Waals surface area contributed by atoms with Gasteiger partial charge in [-0.05, 0) is 49.2 Å². The minimum atomic E-state index is -0.443. The third kappa shape index (κ3) is 5.31. The van der Waals surface area contributed by atoms with Crippen LogP contribution in [-0.4, -0.2) is 27.8 Å². The maximum absolute atomic E-state index is 13.4. The molecule has 174 valence electrons. The number of nitrogens with one attached hydrogen (secondary N) is 1. The molecule has 0 saturated heterocycles. The van der Waals surface area contributed by atoms with Crippen molar-refractivity contribution in [2.24, 2.45) is 0 Å². The summed E-state index contributed by atoms with van der Waals surface area (Å²) in [6.45, 7) is 4.13. The van der Waals surface area contributed by atoms with Crippen molar-refractivity contribution in [1.29, 1.82) is 0 Å². The SMILES string of the molecule is COc1ccc(Cn2c(SC(C)C(=O)NC(C)c3ccccc3)nc3ccccc3c2=O)cc1. The molecule has 2 atom stereocenters. The Hall–Kier alpha value is -3.58. The number of benzene rings is 3. The number of rotatable bonds is 8. The Kier molecular flexibility index (Phi) is 7.33. The van der Waals surface area contributed by atoms with Gasteiger partial charge in [0.2, 0.25) is 5.91 Å². The van der Waals surface area contributed by atoms with Gasteiger partial charge in [0.1, 0.15) is 5.75 Å². The molecule has 2 unspecified atom stereocenters. The summed E-state index contributed by atoms with van der Waals surface area (Å²) in [5, 5.41) is 3.68. The number of nitrogens with zero attached hydrogens (tertiary/aromatic N) is 2. The Labute approximate surface area is 203 Å². The van der Waals surface area contributed by atoms with Crippen LogP contribution in [0.3, 0.4) is 0 Å². The summed E-state index contributed by atoms with van der Waals surface area (Å²) in [4.78, 5) is 31.1. The molecule has 3 aromatic carbocycles. The van der Waals surface area contributed by atoms with Gasteiger partial charge in [-0.2, -0.15) is 0 Å². The number of ether oxygens (including phenoxy) is 1. The van der Waals surface area contributed by atoms with Crippen LogP contribution in [0.15, 0.2) is 88.8 Å². The Morgan fingerprint density at radius 3 is 2.38 bits per heavy atom. The van der Waals surface area contributed by atoms with Gasteiger partial charge in [-0.3, -0.25) is 14.2 Å². The molecule has 6 nitrogen and oxygen atoms in total. The standard InChI is InChI=1S/C27H27N3O3S/c1-18(21-9-5-4-6-10-21)28-25(31)19(2)34-27-29-24-12-8-7-11-23(24)26(32)30(27)17-20-13-15-22(33-3)16-14-20/h4-16,18-19H,17H2,1-3H3,(H,28,31). The lowest BCUT2D eigenvalue weighted by molar-refractivity contribution is -0.120. The Balaban J connectivity index is 1.61. The van der Waals surface area contributed by atoms with Crippen molar-refractivity contribution in [3.63, 3.8) is 0 Å². The van der Waals surface area contributed by atoms with Gasteiger partial charge in [0, 0.05) is 0 Å². The summed E-state index contributed by atoms with van der Waals surface area (Å²) in [6, 6.07) is 24.6. The maximum Gasteiger partial charge on any atom is 0.262 e. The van der Waals surface area contributed by atoms with Gasteiger partial charge in [0.25, 0.3) is 5.56 Å². The lowest BCUT2D eigenvalue weighted by Gasteiger charge is -2.19. The predicted molar refractivity (Wildman–Crippen MR) is 136 cm³/mol. The van der Waals surface area contributed by atoms with E-state index in [0.29, 0.717) is 22.6 Å². The Morgan fingerprint density at radius 2 is 1.68 bits per heavy atom. The zero-order chi connectivity index (χ0) is 24.1. The van der Waals surface area contributed by atoms with Crippen LogP contribution in [0.25, 0.3) is 10.9 Å². The van der Waals surface area contributed by atoms with Gasteiger partial charge in [0.05, 0.1) is 35.8 Å². The van der Waals surface area contributed by atoms with Crippen molar-refractivity contribution < 1.29 is 9.53 Å². The van der Waals surface area contributed by atoms with Crippen molar-refractivity contribution in [1.82, 2.24) is 14.9 Å². The van der Waals surface area contributed by atoms with Gasteiger partial charge in [0.15, 0.2) is 5.16 Å². The van der Waals surface area contributed by atoms with Crippen molar-refractivity contribution in [3.05, 3.63) is 100 Å². The number of thioether (sulfide) groups is 1. The van der Waals surface area contributed by atoms with Crippen LogP contribution in [-0.2, 0) is 11.3 Å². The topological polar surface area (TPSA) is 73.2 Å². The van der Waals surface area contributed by atoms with Gasteiger partial charge in [-0.1, -0.05) is 66.4 Å². The lowest BCUT2D eigenvalue weighted by Crippen LogP contribution is -2.34. The molecule has 4 aromatic rings. The number of amides is 1.